The minimum Gasteiger partial charge on any atom is -0.0758 e. The van der Waals surface area contributed by atoms with E-state index in [1.165, 1.54) is 32.0 Å². The zero-order chi connectivity index (χ0) is 15.4. The normalized spacial score (nSPS) is 10.3. The van der Waals surface area contributed by atoms with Crippen molar-refractivity contribution in [3.8, 4) is 20.9 Å². The van der Waals surface area contributed by atoms with Crippen LogP contribution in [0.2, 0.25) is 0 Å². The van der Waals surface area contributed by atoms with E-state index < -0.39 is 0 Å². The Morgan fingerprint density at radius 1 is 0.727 bits per heavy atom. The maximum atomic E-state index is 2.28. The van der Waals surface area contributed by atoms with Crippen molar-refractivity contribution in [2.75, 3.05) is 0 Å². The fraction of sp³-hybridized carbons (Fsp3) is 0.0952. The average molecular weight is 303 g/mol. The van der Waals surface area contributed by atoms with Crippen LogP contribution >= 0.6 is 11.3 Å². The molecule has 0 bridgehead atoms. The van der Waals surface area contributed by atoms with E-state index in [0.717, 1.165) is 0 Å². The van der Waals surface area contributed by atoms with Crippen molar-refractivity contribution >= 4 is 17.4 Å². The van der Waals surface area contributed by atoms with E-state index in [2.05, 4.69) is 92.7 Å². The van der Waals surface area contributed by atoms with Crippen molar-refractivity contribution in [3.63, 3.8) is 0 Å². The molecule has 0 unspecified atom stereocenters. The summed E-state index contributed by atoms with van der Waals surface area (Å²) >= 11 is 1.84. The Kier molecular flexibility index (Phi) is 4.45. The second kappa shape index (κ2) is 6.67. The maximum absolute atomic E-state index is 2.28. The molecule has 1 heterocycles. The summed E-state index contributed by atoms with van der Waals surface area (Å²) in [5.74, 6) is 0. The number of allylic oxidation sites excluding steroid dienone is 1. The fourth-order valence-corrected chi connectivity index (χ4v) is 3.56. The van der Waals surface area contributed by atoms with Gasteiger partial charge in [-0.1, -0.05) is 48.0 Å². The molecular formula is C21H19S+. The largest absolute Gasteiger partial charge is 0.239 e. The highest BCUT2D eigenvalue weighted by Crippen LogP contribution is 2.34. The Bertz CT molecular complexity index is 725. The van der Waals surface area contributed by atoms with Crippen molar-refractivity contribution < 1.29 is 0 Å². The number of hydrogen-bond donors (Lipinski definition) is 0. The molecule has 3 aromatic rings. The molecule has 0 N–H and O–H groups in total. The van der Waals surface area contributed by atoms with Crippen molar-refractivity contribution in [1.29, 1.82) is 0 Å². The molecular weight excluding hydrogens is 284 g/mol. The molecule has 0 spiro atoms. The Hall–Kier alpha value is -2.25. The lowest BCUT2D eigenvalue weighted by molar-refractivity contribution is 1.42. The van der Waals surface area contributed by atoms with Crippen LogP contribution in [0.3, 0.4) is 0 Å². The second-order valence-electron chi connectivity index (χ2n) is 5.57. The van der Waals surface area contributed by atoms with Crippen LogP contribution in [0.25, 0.3) is 27.0 Å². The van der Waals surface area contributed by atoms with E-state index in [0.29, 0.717) is 0 Å². The Balaban J connectivity index is 2.17. The highest BCUT2D eigenvalue weighted by Gasteiger charge is 2.17. The molecule has 0 fully saturated rings. The van der Waals surface area contributed by atoms with Gasteiger partial charge in [0.05, 0.1) is 0 Å². The molecule has 3 rings (SSSR count). The molecule has 0 atom stereocenters. The third-order valence-corrected chi connectivity index (χ3v) is 4.53. The van der Waals surface area contributed by atoms with Crippen LogP contribution in [0.5, 0.6) is 0 Å². The van der Waals surface area contributed by atoms with Gasteiger partial charge in [-0.3, -0.25) is 0 Å². The van der Waals surface area contributed by atoms with Crippen LogP contribution in [-0.2, 0) is 0 Å². The third kappa shape index (κ3) is 3.49. The van der Waals surface area contributed by atoms with Crippen LogP contribution < -0.4 is 0 Å². The lowest BCUT2D eigenvalue weighted by Crippen LogP contribution is -1.82. The van der Waals surface area contributed by atoms with Crippen molar-refractivity contribution in [2.45, 2.75) is 13.8 Å². The van der Waals surface area contributed by atoms with Crippen molar-refractivity contribution in [1.82, 2.24) is 0 Å². The first-order valence-electron chi connectivity index (χ1n) is 7.46. The van der Waals surface area contributed by atoms with Gasteiger partial charge in [0.25, 0.3) is 0 Å². The number of rotatable bonds is 3. The first-order valence-corrected chi connectivity index (χ1v) is 8.28. The van der Waals surface area contributed by atoms with E-state index in [-0.39, 0.29) is 0 Å². The van der Waals surface area contributed by atoms with Gasteiger partial charge in [-0.2, -0.15) is 0 Å². The second-order valence-corrected chi connectivity index (χ2v) is 6.66. The monoisotopic (exact) mass is 303 g/mol. The highest BCUT2D eigenvalue weighted by atomic mass is 32.1. The molecule has 0 aliphatic rings. The molecule has 0 nitrogen and oxygen atoms in total. The molecule has 0 saturated carbocycles. The van der Waals surface area contributed by atoms with Gasteiger partial charge in [-0.25, -0.2) is 0 Å². The van der Waals surface area contributed by atoms with Gasteiger partial charge < -0.3 is 0 Å². The van der Waals surface area contributed by atoms with Gasteiger partial charge in [-0.15, -0.1) is 0 Å². The molecule has 0 saturated heterocycles. The molecule has 0 amide bonds. The third-order valence-electron chi connectivity index (χ3n) is 3.39. The summed E-state index contributed by atoms with van der Waals surface area (Å²) < 4.78 is 0. The lowest BCUT2D eigenvalue weighted by atomic mass is 10.1. The minimum atomic E-state index is 1.26. The zero-order valence-corrected chi connectivity index (χ0v) is 13.7. The van der Waals surface area contributed by atoms with Gasteiger partial charge in [0.15, 0.2) is 0 Å². The molecule has 108 valence electrons. The lowest BCUT2D eigenvalue weighted by Gasteiger charge is -1.99. The van der Waals surface area contributed by atoms with Gasteiger partial charge in [0, 0.05) is 23.3 Å². The van der Waals surface area contributed by atoms with E-state index in [9.17, 15) is 0 Å². The van der Waals surface area contributed by atoms with Crippen LogP contribution in [-0.4, -0.2) is 0 Å². The molecule has 1 aromatic heterocycles. The molecule has 0 radical (unpaired) electrons. The summed E-state index contributed by atoms with van der Waals surface area (Å²) in [6.45, 7) is 4.28. The maximum Gasteiger partial charge on any atom is 0.239 e. The first-order chi connectivity index (χ1) is 10.7. The van der Waals surface area contributed by atoms with E-state index in [4.69, 9.17) is 0 Å². The van der Waals surface area contributed by atoms with E-state index >= 15 is 0 Å². The van der Waals surface area contributed by atoms with E-state index in [1.807, 2.05) is 11.3 Å². The fourth-order valence-electron chi connectivity index (χ4n) is 2.43. The first kappa shape index (κ1) is 14.7. The van der Waals surface area contributed by atoms with Crippen LogP contribution in [0.4, 0.5) is 0 Å². The van der Waals surface area contributed by atoms with Crippen LogP contribution in [0.1, 0.15) is 19.4 Å². The molecule has 0 aliphatic heterocycles. The topological polar surface area (TPSA) is 0 Å². The van der Waals surface area contributed by atoms with Crippen LogP contribution in [0, 0.1) is 0 Å². The summed E-state index contributed by atoms with van der Waals surface area (Å²) in [7, 11) is 0. The summed E-state index contributed by atoms with van der Waals surface area (Å²) in [4.78, 5) is 2.60. The molecule has 0 aliphatic carbocycles. The summed E-state index contributed by atoms with van der Waals surface area (Å²) in [5.41, 5.74) is 5.12. The van der Waals surface area contributed by atoms with Crippen molar-refractivity contribution in [3.05, 3.63) is 83.9 Å². The van der Waals surface area contributed by atoms with Gasteiger partial charge in [-0.05, 0) is 43.7 Å². The minimum absolute atomic E-state index is 1.26. The summed E-state index contributed by atoms with van der Waals surface area (Å²) in [6, 6.07) is 25.8. The summed E-state index contributed by atoms with van der Waals surface area (Å²) in [5, 5.41) is 0. The molecule has 1 heteroatoms. The summed E-state index contributed by atoms with van der Waals surface area (Å²) in [6.07, 6.45) is 2.24. The Morgan fingerprint density at radius 2 is 1.18 bits per heavy atom. The Labute approximate surface area is 136 Å². The predicted octanol–water partition coefficient (Wildman–Crippen LogP) is 6.79. The van der Waals surface area contributed by atoms with Gasteiger partial charge >= 0.3 is 0 Å². The Morgan fingerprint density at radius 3 is 1.59 bits per heavy atom. The van der Waals surface area contributed by atoms with Gasteiger partial charge in [0.2, 0.25) is 21.1 Å². The quantitative estimate of drug-likeness (QED) is 0.467. The average Bonchev–Trinajstić information content (AvgIpc) is 2.55. The predicted molar refractivity (Wildman–Crippen MR) is 98.9 cm³/mol. The number of hydrogen-bond acceptors (Lipinski definition) is 0. The zero-order valence-electron chi connectivity index (χ0n) is 12.9. The molecule has 2 aromatic carbocycles. The van der Waals surface area contributed by atoms with Gasteiger partial charge in [0.1, 0.15) is 0 Å². The van der Waals surface area contributed by atoms with Crippen molar-refractivity contribution in [2.24, 2.45) is 0 Å². The van der Waals surface area contributed by atoms with Crippen LogP contribution in [0.15, 0.2) is 78.4 Å². The van der Waals surface area contributed by atoms with E-state index in [1.54, 1.807) is 0 Å². The smallest absolute Gasteiger partial charge is 0.0758 e. The standard InChI is InChI=1S/C21H19S/c1-16(2)13-17-14-20(18-9-5-3-6-10-18)22-21(15-17)19-11-7-4-8-12-19/h3-15H,1-2H3/q+1. The molecule has 22 heavy (non-hydrogen) atoms. The SMILES string of the molecule is CC(C)=Cc1cc(-c2ccccc2)[s+]c(-c2ccccc2)c1. The highest BCUT2D eigenvalue weighted by molar-refractivity contribution is 7.18. The number of benzene rings is 2.